The molecule has 0 nitrogen and oxygen atoms in total. The molecule has 0 aromatic heterocycles. The SMILES string of the molecule is CC[SiH](CC)C1(C)CCCCC1. The van der Waals surface area contributed by atoms with E-state index in [-0.39, 0.29) is 8.80 Å². The monoisotopic (exact) mass is 184 g/mol. The Kier molecular flexibility index (Phi) is 3.82. The molecular weight excluding hydrogens is 160 g/mol. The molecule has 0 bridgehead atoms. The molecule has 12 heavy (non-hydrogen) atoms. The van der Waals surface area contributed by atoms with Gasteiger partial charge >= 0.3 is 0 Å². The van der Waals surface area contributed by atoms with E-state index in [0.29, 0.717) is 0 Å². The highest BCUT2D eigenvalue weighted by molar-refractivity contribution is 6.62. The standard InChI is InChI=1S/C11H24Si/c1-4-12(5-2)11(3)9-7-6-8-10-11/h12H,4-10H2,1-3H3. The molecule has 1 rings (SSSR count). The molecule has 0 aliphatic heterocycles. The number of rotatable bonds is 3. The Morgan fingerprint density at radius 3 is 1.92 bits per heavy atom. The molecule has 0 aromatic carbocycles. The summed E-state index contributed by atoms with van der Waals surface area (Å²) in [6, 6.07) is 3.04. The van der Waals surface area contributed by atoms with E-state index in [1.165, 1.54) is 31.4 Å². The van der Waals surface area contributed by atoms with E-state index in [1.807, 2.05) is 0 Å². The van der Waals surface area contributed by atoms with E-state index >= 15 is 0 Å². The quantitative estimate of drug-likeness (QED) is 0.582. The van der Waals surface area contributed by atoms with Crippen LogP contribution in [0, 0.1) is 0 Å². The van der Waals surface area contributed by atoms with Crippen LogP contribution in [0.4, 0.5) is 0 Å². The van der Waals surface area contributed by atoms with Crippen molar-refractivity contribution in [2.24, 2.45) is 0 Å². The molecule has 1 aliphatic carbocycles. The lowest BCUT2D eigenvalue weighted by Gasteiger charge is -2.39. The first-order chi connectivity index (χ1) is 5.73. The Morgan fingerprint density at radius 2 is 1.50 bits per heavy atom. The van der Waals surface area contributed by atoms with Gasteiger partial charge in [0, 0.05) is 8.80 Å². The molecule has 0 saturated heterocycles. The topological polar surface area (TPSA) is 0 Å². The summed E-state index contributed by atoms with van der Waals surface area (Å²) in [5.41, 5.74) is 0. The molecule has 0 amide bonds. The molecule has 0 unspecified atom stereocenters. The van der Waals surface area contributed by atoms with E-state index in [1.54, 1.807) is 12.8 Å². The van der Waals surface area contributed by atoms with Crippen molar-refractivity contribution in [3.8, 4) is 0 Å². The fourth-order valence-corrected chi connectivity index (χ4v) is 6.82. The summed E-state index contributed by atoms with van der Waals surface area (Å²) < 4.78 is 0. The Bertz CT molecular complexity index is 121. The van der Waals surface area contributed by atoms with Crippen molar-refractivity contribution in [1.82, 2.24) is 0 Å². The van der Waals surface area contributed by atoms with Gasteiger partial charge in [0.15, 0.2) is 0 Å². The van der Waals surface area contributed by atoms with Crippen molar-refractivity contribution in [3.05, 3.63) is 0 Å². The molecule has 0 atom stereocenters. The number of hydrogen-bond acceptors (Lipinski definition) is 0. The third kappa shape index (κ3) is 2.12. The van der Waals surface area contributed by atoms with Crippen molar-refractivity contribution < 1.29 is 0 Å². The van der Waals surface area contributed by atoms with Crippen LogP contribution in [-0.4, -0.2) is 8.80 Å². The maximum Gasteiger partial charge on any atom is 0.0424 e. The van der Waals surface area contributed by atoms with E-state index in [2.05, 4.69) is 20.8 Å². The minimum atomic E-state index is -0.388. The Morgan fingerprint density at radius 1 is 1.00 bits per heavy atom. The van der Waals surface area contributed by atoms with E-state index < -0.39 is 0 Å². The molecule has 72 valence electrons. The minimum absolute atomic E-state index is 0.388. The van der Waals surface area contributed by atoms with Crippen molar-refractivity contribution in [3.63, 3.8) is 0 Å². The highest BCUT2D eigenvalue weighted by Gasteiger charge is 2.33. The normalized spacial score (nSPS) is 23.0. The molecule has 0 N–H and O–H groups in total. The summed E-state index contributed by atoms with van der Waals surface area (Å²) in [4.78, 5) is 0. The van der Waals surface area contributed by atoms with Gasteiger partial charge in [-0.05, 0) is 5.04 Å². The predicted octanol–water partition coefficient (Wildman–Crippen LogP) is 3.98. The first-order valence-corrected chi connectivity index (χ1v) is 7.94. The second-order valence-corrected chi connectivity index (χ2v) is 9.15. The van der Waals surface area contributed by atoms with Gasteiger partial charge in [0.25, 0.3) is 0 Å². The van der Waals surface area contributed by atoms with Crippen LogP contribution in [0.5, 0.6) is 0 Å². The zero-order chi connectivity index (χ0) is 9.03. The zero-order valence-corrected chi connectivity index (χ0v) is 10.2. The van der Waals surface area contributed by atoms with Crippen LogP contribution < -0.4 is 0 Å². The third-order valence-electron chi connectivity index (χ3n) is 3.97. The van der Waals surface area contributed by atoms with Gasteiger partial charge < -0.3 is 0 Å². The van der Waals surface area contributed by atoms with Crippen LogP contribution >= 0.6 is 0 Å². The number of hydrogen-bond donors (Lipinski definition) is 0. The van der Waals surface area contributed by atoms with E-state index in [0.717, 1.165) is 5.04 Å². The lowest BCUT2D eigenvalue weighted by atomic mass is 9.90. The molecule has 1 heteroatoms. The van der Waals surface area contributed by atoms with E-state index in [4.69, 9.17) is 0 Å². The van der Waals surface area contributed by atoms with Crippen molar-refractivity contribution in [2.45, 2.75) is 70.0 Å². The summed E-state index contributed by atoms with van der Waals surface area (Å²) >= 11 is 0. The molecule has 0 spiro atoms. The zero-order valence-electron chi connectivity index (χ0n) is 9.03. The third-order valence-corrected chi connectivity index (χ3v) is 8.49. The highest BCUT2D eigenvalue weighted by atomic mass is 28.3. The summed E-state index contributed by atoms with van der Waals surface area (Å²) in [6.45, 7) is 7.41. The Labute approximate surface area is 79.4 Å². The molecule has 1 saturated carbocycles. The first kappa shape index (κ1) is 10.3. The van der Waals surface area contributed by atoms with Crippen LogP contribution in [0.15, 0.2) is 0 Å². The summed E-state index contributed by atoms with van der Waals surface area (Å²) in [6.07, 6.45) is 7.63. The van der Waals surface area contributed by atoms with Gasteiger partial charge in [-0.3, -0.25) is 0 Å². The van der Waals surface area contributed by atoms with Crippen molar-refractivity contribution >= 4 is 8.80 Å². The van der Waals surface area contributed by atoms with Gasteiger partial charge in [0.2, 0.25) is 0 Å². The second-order valence-electron chi connectivity index (χ2n) is 4.73. The fourth-order valence-electron chi connectivity index (χ4n) is 3.04. The largest absolute Gasteiger partial charge is 0.0680 e. The summed E-state index contributed by atoms with van der Waals surface area (Å²) in [5, 5.41) is 0.835. The van der Waals surface area contributed by atoms with Gasteiger partial charge in [0.1, 0.15) is 0 Å². The Hall–Kier alpha value is 0.217. The first-order valence-electron chi connectivity index (χ1n) is 5.73. The highest BCUT2D eigenvalue weighted by Crippen LogP contribution is 2.46. The van der Waals surface area contributed by atoms with Crippen LogP contribution in [0.3, 0.4) is 0 Å². The van der Waals surface area contributed by atoms with Gasteiger partial charge in [-0.1, -0.05) is 65.0 Å². The second kappa shape index (κ2) is 4.45. The Balaban J connectivity index is 2.53. The molecular formula is C11H24Si. The average molecular weight is 184 g/mol. The smallest absolute Gasteiger partial charge is 0.0424 e. The molecule has 0 radical (unpaired) electrons. The summed E-state index contributed by atoms with van der Waals surface area (Å²) in [5.74, 6) is 0. The maximum atomic E-state index is 2.58. The minimum Gasteiger partial charge on any atom is -0.0680 e. The van der Waals surface area contributed by atoms with Gasteiger partial charge in [-0.25, -0.2) is 0 Å². The van der Waals surface area contributed by atoms with Gasteiger partial charge in [-0.15, -0.1) is 0 Å². The van der Waals surface area contributed by atoms with Crippen molar-refractivity contribution in [1.29, 1.82) is 0 Å². The van der Waals surface area contributed by atoms with Crippen LogP contribution in [0.2, 0.25) is 17.1 Å². The van der Waals surface area contributed by atoms with Crippen LogP contribution in [0.1, 0.15) is 52.9 Å². The van der Waals surface area contributed by atoms with Crippen LogP contribution in [-0.2, 0) is 0 Å². The van der Waals surface area contributed by atoms with E-state index in [9.17, 15) is 0 Å². The van der Waals surface area contributed by atoms with Crippen molar-refractivity contribution in [2.75, 3.05) is 0 Å². The van der Waals surface area contributed by atoms with Gasteiger partial charge in [0.05, 0.1) is 0 Å². The predicted molar refractivity (Wildman–Crippen MR) is 59.6 cm³/mol. The molecule has 0 aromatic rings. The fraction of sp³-hybridized carbons (Fsp3) is 1.00. The van der Waals surface area contributed by atoms with Gasteiger partial charge in [-0.2, -0.15) is 0 Å². The lowest BCUT2D eigenvalue weighted by molar-refractivity contribution is 0.392. The molecule has 0 heterocycles. The maximum absolute atomic E-state index is 2.58. The molecule has 1 aliphatic rings. The average Bonchev–Trinajstić information content (AvgIpc) is 2.07. The lowest BCUT2D eigenvalue weighted by Crippen LogP contribution is -2.30. The van der Waals surface area contributed by atoms with Crippen LogP contribution in [0.25, 0.3) is 0 Å². The molecule has 1 fully saturated rings. The summed E-state index contributed by atoms with van der Waals surface area (Å²) in [7, 11) is -0.388.